The van der Waals surface area contributed by atoms with Crippen LogP contribution in [0.2, 0.25) is 0 Å². The van der Waals surface area contributed by atoms with E-state index in [9.17, 15) is 13.2 Å². The average Bonchev–Trinajstić information content (AvgIpc) is 2.28. The molecule has 0 heterocycles. The lowest BCUT2D eigenvalue weighted by Gasteiger charge is -2.11. The summed E-state index contributed by atoms with van der Waals surface area (Å²) in [7, 11) is 1.50. The first-order valence-electron chi connectivity index (χ1n) is 4.83. The number of hydrogen-bond donors (Lipinski definition) is 1. The van der Waals surface area contributed by atoms with Crippen LogP contribution >= 0.6 is 0 Å². The second-order valence-corrected chi connectivity index (χ2v) is 3.29. The van der Waals surface area contributed by atoms with E-state index in [1.165, 1.54) is 19.2 Å². The van der Waals surface area contributed by atoms with Crippen LogP contribution in [0.4, 0.5) is 18.9 Å². The standard InChI is InChI=1S/C11H11F3N2O/c1-17-5-4-16-9-3-2-8(7-15)10(6-9)11(12,13)14/h2-3,6,16H,4-5H2,1H3. The third kappa shape index (κ3) is 3.64. The van der Waals surface area contributed by atoms with Crippen molar-refractivity contribution in [3.63, 3.8) is 0 Å². The minimum Gasteiger partial charge on any atom is -0.383 e. The maximum absolute atomic E-state index is 12.6. The van der Waals surface area contributed by atoms with Crippen LogP contribution in [0.3, 0.4) is 0 Å². The molecule has 1 aromatic rings. The lowest BCUT2D eigenvalue weighted by Crippen LogP contribution is -2.11. The number of nitrogens with zero attached hydrogens (tertiary/aromatic N) is 1. The molecule has 3 nitrogen and oxygen atoms in total. The number of rotatable bonds is 4. The van der Waals surface area contributed by atoms with Crippen molar-refractivity contribution in [1.82, 2.24) is 0 Å². The molecule has 1 aromatic carbocycles. The molecule has 0 saturated heterocycles. The van der Waals surface area contributed by atoms with E-state index >= 15 is 0 Å². The van der Waals surface area contributed by atoms with Crippen molar-refractivity contribution in [1.29, 1.82) is 5.26 Å². The monoisotopic (exact) mass is 244 g/mol. The van der Waals surface area contributed by atoms with Gasteiger partial charge in [0.15, 0.2) is 0 Å². The summed E-state index contributed by atoms with van der Waals surface area (Å²) in [6.07, 6.45) is -4.52. The van der Waals surface area contributed by atoms with Gasteiger partial charge >= 0.3 is 6.18 Å². The summed E-state index contributed by atoms with van der Waals surface area (Å²) in [5.41, 5.74) is -0.995. The molecule has 0 fully saturated rings. The van der Waals surface area contributed by atoms with E-state index < -0.39 is 11.7 Å². The lowest BCUT2D eigenvalue weighted by molar-refractivity contribution is -0.137. The van der Waals surface area contributed by atoms with Crippen LogP contribution in [0.1, 0.15) is 11.1 Å². The smallest absolute Gasteiger partial charge is 0.383 e. The molecule has 0 aliphatic carbocycles. The molecular formula is C11H11F3N2O. The molecular weight excluding hydrogens is 233 g/mol. The maximum atomic E-state index is 12.6. The van der Waals surface area contributed by atoms with Crippen molar-refractivity contribution >= 4 is 5.69 Å². The van der Waals surface area contributed by atoms with Gasteiger partial charge in [-0.1, -0.05) is 0 Å². The van der Waals surface area contributed by atoms with Gasteiger partial charge in [-0.3, -0.25) is 0 Å². The van der Waals surface area contributed by atoms with E-state index in [-0.39, 0.29) is 5.56 Å². The molecule has 1 rings (SSSR count). The number of halogens is 3. The van der Waals surface area contributed by atoms with E-state index in [0.717, 1.165) is 12.1 Å². The topological polar surface area (TPSA) is 45.0 Å². The van der Waals surface area contributed by atoms with Crippen molar-refractivity contribution in [3.05, 3.63) is 29.3 Å². The van der Waals surface area contributed by atoms with Gasteiger partial charge in [0.1, 0.15) is 0 Å². The van der Waals surface area contributed by atoms with Crippen molar-refractivity contribution in [3.8, 4) is 6.07 Å². The normalized spacial score (nSPS) is 11.0. The number of alkyl halides is 3. The van der Waals surface area contributed by atoms with Crippen LogP contribution in [-0.2, 0) is 10.9 Å². The molecule has 0 bridgehead atoms. The number of benzene rings is 1. The predicted octanol–water partition coefficient (Wildman–Crippen LogP) is 2.64. The van der Waals surface area contributed by atoms with E-state index in [4.69, 9.17) is 10.00 Å². The Balaban J connectivity index is 2.94. The molecule has 17 heavy (non-hydrogen) atoms. The zero-order chi connectivity index (χ0) is 12.9. The molecule has 92 valence electrons. The molecule has 0 atom stereocenters. The number of hydrogen-bond acceptors (Lipinski definition) is 3. The Morgan fingerprint density at radius 3 is 2.65 bits per heavy atom. The highest BCUT2D eigenvalue weighted by Crippen LogP contribution is 2.33. The lowest BCUT2D eigenvalue weighted by atomic mass is 10.1. The second-order valence-electron chi connectivity index (χ2n) is 3.29. The summed E-state index contributed by atoms with van der Waals surface area (Å²) in [5.74, 6) is 0. The van der Waals surface area contributed by atoms with Gasteiger partial charge in [-0.2, -0.15) is 18.4 Å². The molecule has 0 amide bonds. The van der Waals surface area contributed by atoms with Gasteiger partial charge in [0, 0.05) is 19.3 Å². The van der Waals surface area contributed by atoms with E-state index in [2.05, 4.69) is 5.32 Å². The Morgan fingerprint density at radius 1 is 1.41 bits per heavy atom. The SMILES string of the molecule is COCCNc1ccc(C#N)c(C(F)(F)F)c1. The van der Waals surface area contributed by atoms with Gasteiger partial charge in [0.2, 0.25) is 0 Å². The minimum atomic E-state index is -4.52. The predicted molar refractivity (Wildman–Crippen MR) is 56.5 cm³/mol. The molecule has 0 unspecified atom stereocenters. The van der Waals surface area contributed by atoms with Gasteiger partial charge in [-0.05, 0) is 18.2 Å². The van der Waals surface area contributed by atoms with Crippen molar-refractivity contribution < 1.29 is 17.9 Å². The molecule has 0 radical (unpaired) electrons. The van der Waals surface area contributed by atoms with Crippen LogP contribution in [0.15, 0.2) is 18.2 Å². The molecule has 6 heteroatoms. The first-order valence-corrected chi connectivity index (χ1v) is 4.83. The van der Waals surface area contributed by atoms with Gasteiger partial charge in [-0.15, -0.1) is 0 Å². The molecule has 0 saturated carbocycles. The first kappa shape index (κ1) is 13.3. The zero-order valence-corrected chi connectivity index (χ0v) is 9.14. The van der Waals surface area contributed by atoms with Crippen LogP contribution in [0.5, 0.6) is 0 Å². The number of ether oxygens (including phenoxy) is 1. The Hall–Kier alpha value is -1.74. The number of anilines is 1. The summed E-state index contributed by atoms with van der Waals surface area (Å²) < 4.78 is 42.6. The van der Waals surface area contributed by atoms with Gasteiger partial charge in [-0.25, -0.2) is 0 Å². The van der Waals surface area contributed by atoms with Crippen molar-refractivity contribution in [2.24, 2.45) is 0 Å². The molecule has 0 aromatic heterocycles. The first-order chi connectivity index (χ1) is 7.99. The summed E-state index contributed by atoms with van der Waals surface area (Å²) in [6, 6.07) is 5.03. The second kappa shape index (κ2) is 5.55. The Morgan fingerprint density at radius 2 is 2.12 bits per heavy atom. The van der Waals surface area contributed by atoms with E-state index in [0.29, 0.717) is 18.8 Å². The summed E-state index contributed by atoms with van der Waals surface area (Å²) >= 11 is 0. The Kier molecular flexibility index (Phi) is 4.35. The fourth-order valence-electron chi connectivity index (χ4n) is 1.28. The quantitative estimate of drug-likeness (QED) is 0.828. The molecule has 0 aliphatic rings. The third-order valence-corrected chi connectivity index (χ3v) is 2.08. The average molecular weight is 244 g/mol. The van der Waals surface area contributed by atoms with Gasteiger partial charge in [0.25, 0.3) is 0 Å². The van der Waals surface area contributed by atoms with E-state index in [1.54, 1.807) is 0 Å². The highest BCUT2D eigenvalue weighted by molar-refractivity contribution is 5.53. The molecule has 1 N–H and O–H groups in total. The van der Waals surface area contributed by atoms with Crippen LogP contribution < -0.4 is 5.32 Å². The largest absolute Gasteiger partial charge is 0.417 e. The Labute approximate surface area is 96.8 Å². The number of methoxy groups -OCH3 is 1. The minimum absolute atomic E-state index is 0.313. The van der Waals surface area contributed by atoms with Crippen molar-refractivity contribution in [2.45, 2.75) is 6.18 Å². The fourth-order valence-corrected chi connectivity index (χ4v) is 1.28. The van der Waals surface area contributed by atoms with Crippen LogP contribution in [0, 0.1) is 11.3 Å². The summed E-state index contributed by atoms with van der Waals surface area (Å²) in [4.78, 5) is 0. The fraction of sp³-hybridized carbons (Fsp3) is 0.364. The van der Waals surface area contributed by atoms with Gasteiger partial charge in [0.05, 0.1) is 23.8 Å². The summed E-state index contributed by atoms with van der Waals surface area (Å²) in [5, 5.41) is 11.4. The third-order valence-electron chi connectivity index (χ3n) is 2.08. The number of nitrogens with one attached hydrogen (secondary N) is 1. The van der Waals surface area contributed by atoms with Crippen molar-refractivity contribution in [2.75, 3.05) is 25.6 Å². The van der Waals surface area contributed by atoms with Gasteiger partial charge < -0.3 is 10.1 Å². The van der Waals surface area contributed by atoms with Crippen LogP contribution in [-0.4, -0.2) is 20.3 Å². The summed E-state index contributed by atoms with van der Waals surface area (Å²) in [6.45, 7) is 0.793. The zero-order valence-electron chi connectivity index (χ0n) is 9.14. The molecule has 0 spiro atoms. The van der Waals surface area contributed by atoms with E-state index in [1.807, 2.05) is 0 Å². The molecule has 0 aliphatic heterocycles. The maximum Gasteiger partial charge on any atom is 0.417 e. The number of nitriles is 1. The highest BCUT2D eigenvalue weighted by Gasteiger charge is 2.33. The Bertz CT molecular complexity index is 424. The highest BCUT2D eigenvalue weighted by atomic mass is 19.4. The van der Waals surface area contributed by atoms with Crippen LogP contribution in [0.25, 0.3) is 0 Å².